The predicted molar refractivity (Wildman–Crippen MR) is 127 cm³/mol. The van der Waals surface area contributed by atoms with Gasteiger partial charge in [-0.15, -0.1) is 0 Å². The van der Waals surface area contributed by atoms with Crippen LogP contribution in [0.3, 0.4) is 0 Å². The molecule has 1 aliphatic rings. The second-order valence-electron chi connectivity index (χ2n) is 7.62. The van der Waals surface area contributed by atoms with Gasteiger partial charge >= 0.3 is 5.97 Å². The molecule has 1 aromatic rings. The van der Waals surface area contributed by atoms with Gasteiger partial charge in [0.2, 0.25) is 0 Å². The summed E-state index contributed by atoms with van der Waals surface area (Å²) >= 11 is 6.35. The Morgan fingerprint density at radius 1 is 1.20 bits per heavy atom. The average Bonchev–Trinajstić information content (AvgIpc) is 3.02. The van der Waals surface area contributed by atoms with Gasteiger partial charge in [-0.3, -0.25) is 4.79 Å². The zero-order valence-electron chi connectivity index (χ0n) is 18.3. The number of amides is 1. The third-order valence-corrected chi connectivity index (χ3v) is 5.90. The van der Waals surface area contributed by atoms with Gasteiger partial charge in [0.25, 0.3) is 5.91 Å². The van der Waals surface area contributed by atoms with Crippen LogP contribution in [0.4, 0.5) is 0 Å². The standard InChI is InChI=1S/C23H29NO4S2/c1-7-27-19(25)12-28-20-17(13(2)3)10-16(11-18(20)14(4)5)9-8-15(6)21-22(26)24-23(29)30-21/h8-11,13-14H,7,12H2,1-6H3,(H,24,26,29)/b9-8+,21-15+. The number of esters is 1. The molecule has 30 heavy (non-hydrogen) atoms. The summed E-state index contributed by atoms with van der Waals surface area (Å²) in [4.78, 5) is 24.4. The van der Waals surface area contributed by atoms with Crippen LogP contribution in [0.5, 0.6) is 5.75 Å². The first-order chi connectivity index (χ1) is 14.1. The van der Waals surface area contributed by atoms with Crippen molar-refractivity contribution >= 4 is 46.3 Å². The van der Waals surface area contributed by atoms with Gasteiger partial charge in [0.1, 0.15) is 10.1 Å². The lowest BCUT2D eigenvalue weighted by Crippen LogP contribution is -2.18. The van der Waals surface area contributed by atoms with Crippen molar-refractivity contribution in [3.8, 4) is 5.75 Å². The number of rotatable bonds is 8. The summed E-state index contributed by atoms with van der Waals surface area (Å²) in [6.45, 7) is 12.3. The van der Waals surface area contributed by atoms with Crippen LogP contribution in [0.25, 0.3) is 6.08 Å². The van der Waals surface area contributed by atoms with Gasteiger partial charge in [-0.1, -0.05) is 63.8 Å². The Balaban J connectivity index is 2.40. The third kappa shape index (κ3) is 6.19. The molecule has 0 spiro atoms. The van der Waals surface area contributed by atoms with E-state index in [-0.39, 0.29) is 30.3 Å². The lowest BCUT2D eigenvalue weighted by Gasteiger charge is -2.21. The van der Waals surface area contributed by atoms with Gasteiger partial charge in [-0.05, 0) is 60.1 Å². The second-order valence-corrected chi connectivity index (χ2v) is 9.31. The Morgan fingerprint density at radius 3 is 2.27 bits per heavy atom. The number of thiocarbonyl (C=S) groups is 1. The van der Waals surface area contributed by atoms with E-state index in [0.717, 1.165) is 28.0 Å². The first-order valence-electron chi connectivity index (χ1n) is 10.0. The van der Waals surface area contributed by atoms with Crippen LogP contribution in [0, 0.1) is 0 Å². The lowest BCUT2D eigenvalue weighted by atomic mass is 9.91. The minimum absolute atomic E-state index is 0.111. The van der Waals surface area contributed by atoms with Crippen molar-refractivity contribution < 1.29 is 19.1 Å². The number of nitrogens with one attached hydrogen (secondary N) is 1. The van der Waals surface area contributed by atoms with E-state index in [1.165, 1.54) is 11.8 Å². The van der Waals surface area contributed by atoms with E-state index in [1.807, 2.05) is 19.1 Å². The Labute approximate surface area is 188 Å². The van der Waals surface area contributed by atoms with Crippen molar-refractivity contribution in [3.63, 3.8) is 0 Å². The Bertz CT molecular complexity index is 871. The number of hydrogen-bond donors (Lipinski definition) is 1. The summed E-state index contributed by atoms with van der Waals surface area (Å²) < 4.78 is 11.4. The van der Waals surface area contributed by atoms with E-state index in [0.29, 0.717) is 15.8 Å². The molecule has 1 amide bonds. The molecule has 0 aromatic heterocycles. The van der Waals surface area contributed by atoms with Gasteiger partial charge in [0.05, 0.1) is 11.5 Å². The molecule has 0 aliphatic carbocycles. The van der Waals surface area contributed by atoms with E-state index in [4.69, 9.17) is 21.7 Å². The summed E-state index contributed by atoms with van der Waals surface area (Å²) in [6.07, 6.45) is 3.92. The molecule has 0 saturated carbocycles. The van der Waals surface area contributed by atoms with Gasteiger partial charge in [-0.2, -0.15) is 0 Å². The SMILES string of the molecule is CCOC(=O)COc1c(C(C)C)cc(/C=C/C(C)=C2/SC(=S)NC2=O)cc1C(C)C. The summed E-state index contributed by atoms with van der Waals surface area (Å²) in [7, 11) is 0. The lowest BCUT2D eigenvalue weighted by molar-refractivity contribution is -0.145. The maximum absolute atomic E-state index is 12.0. The fourth-order valence-electron chi connectivity index (χ4n) is 3.02. The molecule has 0 unspecified atom stereocenters. The molecule has 0 bridgehead atoms. The molecule has 7 heteroatoms. The summed E-state index contributed by atoms with van der Waals surface area (Å²) in [5.74, 6) is 0.636. The fourth-order valence-corrected chi connectivity index (χ4v) is 4.07. The van der Waals surface area contributed by atoms with Crippen molar-refractivity contribution in [2.45, 2.75) is 53.4 Å². The van der Waals surface area contributed by atoms with Gasteiger partial charge in [0.15, 0.2) is 6.61 Å². The molecule has 1 aliphatic heterocycles. The molecule has 162 valence electrons. The monoisotopic (exact) mass is 447 g/mol. The molecule has 1 fully saturated rings. The number of allylic oxidation sites excluding steroid dienone is 2. The number of hydrogen-bond acceptors (Lipinski definition) is 6. The minimum Gasteiger partial charge on any atom is -0.481 e. The van der Waals surface area contributed by atoms with E-state index in [2.05, 4.69) is 45.1 Å². The summed E-state index contributed by atoms with van der Waals surface area (Å²) in [6, 6.07) is 4.13. The first-order valence-corrected chi connectivity index (χ1v) is 11.2. The van der Waals surface area contributed by atoms with Crippen molar-refractivity contribution in [1.29, 1.82) is 0 Å². The topological polar surface area (TPSA) is 64.6 Å². The molecular formula is C23H29NO4S2. The highest BCUT2D eigenvalue weighted by atomic mass is 32.2. The highest BCUT2D eigenvalue weighted by Crippen LogP contribution is 2.36. The predicted octanol–water partition coefficient (Wildman–Crippen LogP) is 5.31. The molecule has 1 aromatic carbocycles. The number of thioether (sulfide) groups is 1. The van der Waals surface area contributed by atoms with E-state index in [1.54, 1.807) is 6.92 Å². The number of benzene rings is 1. The van der Waals surface area contributed by atoms with Gasteiger partial charge in [0, 0.05) is 0 Å². The molecular weight excluding hydrogens is 418 g/mol. The fraction of sp³-hybridized carbons (Fsp3) is 0.435. The smallest absolute Gasteiger partial charge is 0.344 e. The van der Waals surface area contributed by atoms with Crippen molar-refractivity contribution in [1.82, 2.24) is 5.32 Å². The molecule has 5 nitrogen and oxygen atoms in total. The summed E-state index contributed by atoms with van der Waals surface area (Å²) in [5.41, 5.74) is 3.93. The molecule has 1 N–H and O–H groups in total. The highest BCUT2D eigenvalue weighted by molar-refractivity contribution is 8.26. The molecule has 1 saturated heterocycles. The van der Waals surface area contributed by atoms with E-state index in [9.17, 15) is 9.59 Å². The maximum atomic E-state index is 12.0. The number of carbonyl (C=O) groups excluding carboxylic acids is 2. The van der Waals surface area contributed by atoms with Crippen LogP contribution in [0.1, 0.15) is 70.1 Å². The van der Waals surface area contributed by atoms with Crippen LogP contribution < -0.4 is 10.1 Å². The van der Waals surface area contributed by atoms with Gasteiger partial charge in [-0.25, -0.2) is 4.79 Å². The number of carbonyl (C=O) groups is 2. The van der Waals surface area contributed by atoms with E-state index >= 15 is 0 Å². The molecule has 0 atom stereocenters. The third-order valence-electron chi connectivity index (χ3n) is 4.55. The van der Waals surface area contributed by atoms with Crippen LogP contribution in [0.15, 0.2) is 28.7 Å². The Kier molecular flexibility index (Phi) is 8.67. The quantitative estimate of drug-likeness (QED) is 0.331. The summed E-state index contributed by atoms with van der Waals surface area (Å²) in [5, 5.41) is 2.64. The van der Waals surface area contributed by atoms with Crippen LogP contribution in [-0.4, -0.2) is 29.4 Å². The number of ether oxygens (including phenoxy) is 2. The normalized spacial score (nSPS) is 15.9. The molecule has 0 radical (unpaired) electrons. The van der Waals surface area contributed by atoms with Gasteiger partial charge < -0.3 is 14.8 Å². The van der Waals surface area contributed by atoms with Crippen LogP contribution >= 0.6 is 24.0 Å². The minimum atomic E-state index is -0.376. The van der Waals surface area contributed by atoms with Crippen LogP contribution in [-0.2, 0) is 14.3 Å². The van der Waals surface area contributed by atoms with Crippen molar-refractivity contribution in [3.05, 3.63) is 45.4 Å². The van der Waals surface area contributed by atoms with Crippen LogP contribution in [0.2, 0.25) is 0 Å². The average molecular weight is 448 g/mol. The Hall–Kier alpha value is -2.12. The zero-order chi connectivity index (χ0) is 22.4. The van der Waals surface area contributed by atoms with Crippen molar-refractivity contribution in [2.75, 3.05) is 13.2 Å². The maximum Gasteiger partial charge on any atom is 0.344 e. The highest BCUT2D eigenvalue weighted by Gasteiger charge is 2.23. The first kappa shape index (κ1) is 24.2. The largest absolute Gasteiger partial charge is 0.481 e. The van der Waals surface area contributed by atoms with E-state index < -0.39 is 0 Å². The molecule has 2 rings (SSSR count). The molecule has 1 heterocycles. The van der Waals surface area contributed by atoms with Crippen molar-refractivity contribution in [2.24, 2.45) is 0 Å². The Morgan fingerprint density at radius 2 is 1.80 bits per heavy atom. The zero-order valence-corrected chi connectivity index (χ0v) is 20.0. The second kappa shape index (κ2) is 10.8.